The molecule has 0 bridgehead atoms. The van der Waals surface area contributed by atoms with Crippen LogP contribution in [-0.4, -0.2) is 37.3 Å². The van der Waals surface area contributed by atoms with Gasteiger partial charge in [0.1, 0.15) is 11.9 Å². The molecule has 2 nitrogen and oxygen atoms in total. The second kappa shape index (κ2) is 8.39. The van der Waals surface area contributed by atoms with Gasteiger partial charge in [-0.1, -0.05) is 17.7 Å². The van der Waals surface area contributed by atoms with Crippen molar-refractivity contribution in [2.45, 2.75) is 12.2 Å². The van der Waals surface area contributed by atoms with Crippen molar-refractivity contribution in [2.24, 2.45) is 0 Å². The van der Waals surface area contributed by atoms with E-state index in [0.717, 1.165) is 18.2 Å². The minimum atomic E-state index is -4.42. The van der Waals surface area contributed by atoms with Crippen LogP contribution in [0.3, 0.4) is 0 Å². The normalized spacial score (nSPS) is 17.6. The van der Waals surface area contributed by atoms with Gasteiger partial charge in [-0.3, -0.25) is 4.90 Å². The van der Waals surface area contributed by atoms with E-state index in [2.05, 4.69) is 5.32 Å². The summed E-state index contributed by atoms with van der Waals surface area (Å²) < 4.78 is 52.7. The van der Waals surface area contributed by atoms with Gasteiger partial charge in [-0.15, -0.1) is 24.8 Å². The third kappa shape index (κ3) is 5.14. The lowest BCUT2D eigenvalue weighted by Gasteiger charge is -2.36. The summed E-state index contributed by atoms with van der Waals surface area (Å²) in [6.45, 7) is 1.58. The number of alkyl halides is 3. The van der Waals surface area contributed by atoms with Gasteiger partial charge >= 0.3 is 6.18 Å². The largest absolute Gasteiger partial charge is 0.408 e. The van der Waals surface area contributed by atoms with Gasteiger partial charge in [-0.2, -0.15) is 13.2 Å². The molecule has 0 saturated carbocycles. The fraction of sp³-hybridized carbons (Fsp3) is 0.500. The number of benzene rings is 1. The van der Waals surface area contributed by atoms with E-state index in [1.807, 2.05) is 0 Å². The zero-order chi connectivity index (χ0) is 14.0. The number of hydrogen-bond donors (Lipinski definition) is 1. The van der Waals surface area contributed by atoms with Gasteiger partial charge in [0, 0.05) is 26.2 Å². The Bertz CT molecular complexity index is 451. The Labute approximate surface area is 137 Å². The van der Waals surface area contributed by atoms with Crippen LogP contribution in [0.5, 0.6) is 0 Å². The molecule has 1 heterocycles. The molecule has 0 unspecified atom stereocenters. The Balaban J connectivity index is 0.00000200. The molecule has 1 aliphatic rings. The molecule has 1 fully saturated rings. The van der Waals surface area contributed by atoms with Crippen molar-refractivity contribution in [1.82, 2.24) is 10.2 Å². The van der Waals surface area contributed by atoms with Crippen molar-refractivity contribution >= 4 is 36.4 Å². The zero-order valence-corrected chi connectivity index (χ0v) is 13.2. The number of nitrogens with zero attached hydrogens (tertiary/aromatic N) is 1. The summed E-state index contributed by atoms with van der Waals surface area (Å²) in [6.07, 6.45) is -4.42. The maximum Gasteiger partial charge on any atom is 0.408 e. The van der Waals surface area contributed by atoms with E-state index in [9.17, 15) is 17.6 Å². The predicted molar refractivity (Wildman–Crippen MR) is 79.1 cm³/mol. The fourth-order valence-electron chi connectivity index (χ4n) is 2.23. The molecule has 0 radical (unpaired) electrons. The summed E-state index contributed by atoms with van der Waals surface area (Å²) in [5.41, 5.74) is -0.0270. The summed E-state index contributed by atoms with van der Waals surface area (Å²) in [5.74, 6) is -0.716. The van der Waals surface area contributed by atoms with Crippen molar-refractivity contribution in [2.75, 3.05) is 26.2 Å². The van der Waals surface area contributed by atoms with Crippen LogP contribution in [-0.2, 0) is 0 Å². The van der Waals surface area contributed by atoms with Crippen LogP contribution in [0.2, 0.25) is 5.02 Å². The Morgan fingerprint density at radius 3 is 2.19 bits per heavy atom. The van der Waals surface area contributed by atoms with E-state index in [1.54, 1.807) is 0 Å². The number of rotatable bonds is 2. The molecule has 1 saturated heterocycles. The lowest BCUT2D eigenvalue weighted by atomic mass is 10.0. The number of piperazine rings is 1. The molecular formula is C12H15Cl3F4N2. The van der Waals surface area contributed by atoms with E-state index in [4.69, 9.17) is 11.6 Å². The number of hydrogen-bond acceptors (Lipinski definition) is 2. The molecule has 1 atom stereocenters. The number of nitrogens with one attached hydrogen (secondary N) is 1. The molecule has 2 rings (SSSR count). The maximum absolute atomic E-state index is 13.2. The molecule has 9 heteroatoms. The van der Waals surface area contributed by atoms with Gasteiger partial charge in [0.15, 0.2) is 0 Å². The van der Waals surface area contributed by atoms with E-state index in [1.165, 1.54) is 4.90 Å². The van der Waals surface area contributed by atoms with Gasteiger partial charge in [-0.05, 0) is 17.7 Å². The van der Waals surface area contributed by atoms with Gasteiger partial charge in [0.2, 0.25) is 0 Å². The van der Waals surface area contributed by atoms with E-state index >= 15 is 0 Å². The highest BCUT2D eigenvalue weighted by Gasteiger charge is 2.45. The first-order valence-corrected chi connectivity index (χ1v) is 6.24. The highest BCUT2D eigenvalue weighted by molar-refractivity contribution is 6.30. The first-order chi connectivity index (χ1) is 8.89. The quantitative estimate of drug-likeness (QED) is 0.797. The highest BCUT2D eigenvalue weighted by Crippen LogP contribution is 2.38. The molecule has 1 aromatic carbocycles. The molecule has 0 aromatic heterocycles. The molecule has 0 aliphatic carbocycles. The summed E-state index contributed by atoms with van der Waals surface area (Å²) in [6, 6.07) is 1.42. The Kier molecular flexibility index (Phi) is 8.28. The highest BCUT2D eigenvalue weighted by atomic mass is 35.5. The van der Waals surface area contributed by atoms with Crippen LogP contribution in [0.1, 0.15) is 11.6 Å². The third-order valence-corrected chi connectivity index (χ3v) is 3.38. The maximum atomic E-state index is 13.2. The van der Waals surface area contributed by atoms with Gasteiger partial charge < -0.3 is 5.32 Å². The molecular weight excluding hydrogens is 354 g/mol. The standard InChI is InChI=1S/C12H13ClF4N2.2ClH/c13-9-7-8(1-2-10(9)14)11(12(15,16)17)19-5-3-18-4-6-19;;/h1-2,7,11,18H,3-6H2;2*1H/t11-;;/m1../s1. The monoisotopic (exact) mass is 368 g/mol. The lowest BCUT2D eigenvalue weighted by Crippen LogP contribution is -2.49. The minimum Gasteiger partial charge on any atom is -0.314 e. The average molecular weight is 370 g/mol. The SMILES string of the molecule is Cl.Cl.Fc1ccc([C@@H](N2CCNCC2)C(F)(F)F)cc1Cl. The smallest absolute Gasteiger partial charge is 0.314 e. The van der Waals surface area contributed by atoms with Crippen LogP contribution in [0, 0.1) is 5.82 Å². The van der Waals surface area contributed by atoms with Crippen LogP contribution >= 0.6 is 36.4 Å². The summed E-state index contributed by atoms with van der Waals surface area (Å²) in [4.78, 5) is 1.33. The first kappa shape index (κ1) is 20.7. The molecule has 1 N–H and O–H groups in total. The minimum absolute atomic E-state index is 0. The molecule has 1 aromatic rings. The van der Waals surface area contributed by atoms with Gasteiger partial charge in [0.25, 0.3) is 0 Å². The first-order valence-electron chi connectivity index (χ1n) is 5.86. The molecule has 0 amide bonds. The molecule has 122 valence electrons. The second-order valence-corrected chi connectivity index (χ2v) is 4.81. The Hall–Kier alpha value is -0.270. The van der Waals surface area contributed by atoms with E-state index < -0.39 is 18.0 Å². The molecule has 1 aliphatic heterocycles. The van der Waals surface area contributed by atoms with Crippen LogP contribution in [0.15, 0.2) is 18.2 Å². The van der Waals surface area contributed by atoms with Crippen molar-refractivity contribution in [3.8, 4) is 0 Å². The summed E-state index contributed by atoms with van der Waals surface area (Å²) in [7, 11) is 0. The Morgan fingerprint density at radius 1 is 1.14 bits per heavy atom. The third-order valence-electron chi connectivity index (χ3n) is 3.09. The van der Waals surface area contributed by atoms with Crippen molar-refractivity contribution in [3.63, 3.8) is 0 Å². The van der Waals surface area contributed by atoms with Crippen LogP contribution < -0.4 is 5.32 Å². The zero-order valence-electron chi connectivity index (χ0n) is 10.8. The fourth-order valence-corrected chi connectivity index (χ4v) is 2.42. The summed E-state index contributed by atoms with van der Waals surface area (Å²) in [5, 5.41) is 2.71. The number of halogens is 7. The molecule has 0 spiro atoms. The molecule has 21 heavy (non-hydrogen) atoms. The van der Waals surface area contributed by atoms with Gasteiger partial charge in [0.05, 0.1) is 5.02 Å². The van der Waals surface area contributed by atoms with E-state index in [0.29, 0.717) is 26.2 Å². The second-order valence-electron chi connectivity index (χ2n) is 4.40. The topological polar surface area (TPSA) is 15.3 Å². The van der Waals surface area contributed by atoms with Crippen molar-refractivity contribution in [1.29, 1.82) is 0 Å². The van der Waals surface area contributed by atoms with Gasteiger partial charge in [-0.25, -0.2) is 4.39 Å². The van der Waals surface area contributed by atoms with Crippen LogP contribution in [0.4, 0.5) is 17.6 Å². The van der Waals surface area contributed by atoms with Crippen LogP contribution in [0.25, 0.3) is 0 Å². The van der Waals surface area contributed by atoms with E-state index in [-0.39, 0.29) is 35.4 Å². The predicted octanol–water partition coefficient (Wildman–Crippen LogP) is 3.83. The lowest BCUT2D eigenvalue weighted by molar-refractivity contribution is -0.187. The van der Waals surface area contributed by atoms with Crippen molar-refractivity contribution < 1.29 is 17.6 Å². The summed E-state index contributed by atoms with van der Waals surface area (Å²) >= 11 is 5.57. The average Bonchev–Trinajstić information content (AvgIpc) is 2.34. The Morgan fingerprint density at radius 2 is 1.71 bits per heavy atom. The van der Waals surface area contributed by atoms with Crippen molar-refractivity contribution in [3.05, 3.63) is 34.6 Å².